The number of nitrogens with one attached hydrogen (secondary N) is 1. The van der Waals surface area contributed by atoms with Crippen molar-refractivity contribution < 1.29 is 12.8 Å². The van der Waals surface area contributed by atoms with E-state index in [2.05, 4.69) is 11.2 Å². The zero-order valence-corrected chi connectivity index (χ0v) is 12.5. The average molecular weight is 298 g/mol. The maximum atomic E-state index is 13.6. The van der Waals surface area contributed by atoms with Crippen molar-refractivity contribution in [2.75, 3.05) is 19.6 Å². The van der Waals surface area contributed by atoms with Crippen molar-refractivity contribution >= 4 is 10.0 Å². The highest BCUT2D eigenvalue weighted by Gasteiger charge is 2.23. The molecule has 0 aromatic heterocycles. The molecule has 20 heavy (non-hydrogen) atoms. The van der Waals surface area contributed by atoms with Crippen LogP contribution in [-0.2, 0) is 16.6 Å². The minimum Gasteiger partial charge on any atom is -0.313 e. The van der Waals surface area contributed by atoms with Crippen LogP contribution in [0.25, 0.3) is 0 Å². The van der Waals surface area contributed by atoms with Gasteiger partial charge in [0.05, 0.1) is 11.4 Å². The first-order chi connectivity index (χ1) is 9.47. The lowest BCUT2D eigenvalue weighted by Crippen LogP contribution is -2.31. The summed E-state index contributed by atoms with van der Waals surface area (Å²) in [5, 5.41) is 2.97. The van der Waals surface area contributed by atoms with E-state index < -0.39 is 15.8 Å². The summed E-state index contributed by atoms with van der Waals surface area (Å²) in [7, 11) is -3.68. The number of rotatable bonds is 7. The second-order valence-corrected chi connectivity index (χ2v) is 6.11. The van der Waals surface area contributed by atoms with Crippen molar-refractivity contribution in [1.82, 2.24) is 9.62 Å². The Morgan fingerprint density at radius 2 is 2.10 bits per heavy atom. The van der Waals surface area contributed by atoms with Crippen molar-refractivity contribution in [2.24, 2.45) is 0 Å². The van der Waals surface area contributed by atoms with Crippen molar-refractivity contribution in [2.45, 2.75) is 25.3 Å². The van der Waals surface area contributed by atoms with Crippen LogP contribution >= 0.6 is 0 Å². The van der Waals surface area contributed by atoms with Gasteiger partial charge in [0.1, 0.15) is 5.82 Å². The third-order valence-corrected chi connectivity index (χ3v) is 4.76. The summed E-state index contributed by atoms with van der Waals surface area (Å²) in [4.78, 5) is 0.0592. The van der Waals surface area contributed by atoms with E-state index in [4.69, 9.17) is 6.42 Å². The second-order valence-electron chi connectivity index (χ2n) is 4.17. The summed E-state index contributed by atoms with van der Waals surface area (Å²) in [5.41, 5.74) is 0.324. The Morgan fingerprint density at radius 1 is 1.40 bits per heavy atom. The van der Waals surface area contributed by atoms with Crippen LogP contribution in [-0.4, -0.2) is 32.4 Å². The number of hydrogen-bond donors (Lipinski definition) is 1. The summed E-state index contributed by atoms with van der Waals surface area (Å²) in [5.74, 6) is 1.89. The molecular weight excluding hydrogens is 279 g/mol. The topological polar surface area (TPSA) is 49.4 Å². The minimum absolute atomic E-state index is 0.00124. The van der Waals surface area contributed by atoms with Crippen LogP contribution < -0.4 is 5.32 Å². The number of nitrogens with zero attached hydrogens (tertiary/aromatic N) is 1. The molecular formula is C14H19FN2O2S. The first-order valence-corrected chi connectivity index (χ1v) is 7.84. The molecule has 0 amide bonds. The molecule has 6 heteroatoms. The lowest BCUT2D eigenvalue weighted by Gasteiger charge is -2.18. The zero-order valence-electron chi connectivity index (χ0n) is 11.7. The van der Waals surface area contributed by atoms with Crippen molar-refractivity contribution in [3.05, 3.63) is 29.6 Å². The predicted octanol–water partition coefficient (Wildman–Crippen LogP) is 1.58. The van der Waals surface area contributed by atoms with Crippen molar-refractivity contribution in [1.29, 1.82) is 0 Å². The minimum atomic E-state index is -3.68. The Morgan fingerprint density at radius 3 is 2.65 bits per heavy atom. The Labute approximate surface area is 120 Å². The standard InChI is InChI=1S/C14H19FN2O2S/c1-4-9-17(6-3)20(18,19)13-7-8-14(15)12(10-13)11-16-5-2/h1,7-8,10,16H,5-6,9,11H2,2-3H3. The van der Waals surface area contributed by atoms with E-state index in [1.807, 2.05) is 6.92 Å². The Kier molecular flexibility index (Phi) is 6.14. The summed E-state index contributed by atoms with van der Waals surface area (Å²) < 4.78 is 39.6. The number of hydrogen-bond acceptors (Lipinski definition) is 3. The average Bonchev–Trinajstić information content (AvgIpc) is 2.43. The van der Waals surface area contributed by atoms with Gasteiger partial charge in [-0.15, -0.1) is 6.42 Å². The molecule has 1 aromatic rings. The van der Waals surface area contributed by atoms with Gasteiger partial charge in [-0.1, -0.05) is 19.8 Å². The van der Waals surface area contributed by atoms with Crippen molar-refractivity contribution in [3.8, 4) is 12.3 Å². The fourth-order valence-electron chi connectivity index (χ4n) is 1.72. The molecule has 0 aliphatic rings. The van der Waals surface area contributed by atoms with Gasteiger partial charge >= 0.3 is 0 Å². The van der Waals surface area contributed by atoms with Gasteiger partial charge in [-0.2, -0.15) is 4.31 Å². The number of benzene rings is 1. The Bertz CT molecular complexity index is 594. The molecule has 1 aromatic carbocycles. The van der Waals surface area contributed by atoms with Crippen molar-refractivity contribution in [3.63, 3.8) is 0 Å². The summed E-state index contributed by atoms with van der Waals surface area (Å²) in [6, 6.07) is 3.79. The maximum absolute atomic E-state index is 13.6. The number of halogens is 1. The molecule has 0 bridgehead atoms. The molecule has 0 aliphatic heterocycles. The first kappa shape index (κ1) is 16.6. The molecule has 0 saturated carbocycles. The van der Waals surface area contributed by atoms with Crippen LogP contribution in [0.3, 0.4) is 0 Å². The highest BCUT2D eigenvalue weighted by Crippen LogP contribution is 2.19. The highest BCUT2D eigenvalue weighted by atomic mass is 32.2. The van der Waals surface area contributed by atoms with Gasteiger partial charge < -0.3 is 5.32 Å². The monoisotopic (exact) mass is 298 g/mol. The van der Waals surface area contributed by atoms with Crippen LogP contribution in [0.5, 0.6) is 0 Å². The molecule has 0 aliphatic carbocycles. The summed E-state index contributed by atoms with van der Waals surface area (Å²) in [6.07, 6.45) is 5.17. The smallest absolute Gasteiger partial charge is 0.243 e. The largest absolute Gasteiger partial charge is 0.313 e. The molecule has 0 spiro atoms. The molecule has 1 rings (SSSR count). The van der Waals surface area contributed by atoms with Gasteiger partial charge in [-0.3, -0.25) is 0 Å². The quantitative estimate of drug-likeness (QED) is 0.778. The van der Waals surface area contributed by atoms with Crippen LogP contribution in [0, 0.1) is 18.2 Å². The van der Waals surface area contributed by atoms with E-state index in [1.165, 1.54) is 22.5 Å². The van der Waals surface area contributed by atoms with E-state index in [1.54, 1.807) is 6.92 Å². The lowest BCUT2D eigenvalue weighted by molar-refractivity contribution is 0.463. The molecule has 0 saturated heterocycles. The predicted molar refractivity (Wildman–Crippen MR) is 77.0 cm³/mol. The Balaban J connectivity index is 3.15. The first-order valence-electron chi connectivity index (χ1n) is 6.40. The van der Waals surface area contributed by atoms with Crippen LogP contribution in [0.4, 0.5) is 4.39 Å². The molecule has 0 unspecified atom stereocenters. The molecule has 0 fully saturated rings. The van der Waals surface area contributed by atoms with Crippen LogP contribution in [0.15, 0.2) is 23.1 Å². The molecule has 0 radical (unpaired) electrons. The lowest BCUT2D eigenvalue weighted by atomic mass is 10.2. The molecule has 4 nitrogen and oxygen atoms in total. The number of sulfonamides is 1. The molecule has 1 N–H and O–H groups in total. The van der Waals surface area contributed by atoms with E-state index in [-0.39, 0.29) is 24.5 Å². The van der Waals surface area contributed by atoms with Gasteiger partial charge in [0.2, 0.25) is 10.0 Å². The highest BCUT2D eigenvalue weighted by molar-refractivity contribution is 7.89. The van der Waals surface area contributed by atoms with E-state index in [9.17, 15) is 12.8 Å². The third kappa shape index (κ3) is 3.79. The van der Waals surface area contributed by atoms with Gasteiger partial charge in [-0.25, -0.2) is 12.8 Å². The maximum Gasteiger partial charge on any atom is 0.243 e. The molecule has 0 heterocycles. The van der Waals surface area contributed by atoms with Gasteiger partial charge in [0.15, 0.2) is 0 Å². The molecule has 110 valence electrons. The van der Waals surface area contributed by atoms with Gasteiger partial charge in [0.25, 0.3) is 0 Å². The SMILES string of the molecule is C#CCN(CC)S(=O)(=O)c1ccc(F)c(CNCC)c1. The summed E-state index contributed by atoms with van der Waals surface area (Å²) in [6.45, 7) is 4.83. The Hall–Kier alpha value is -1.42. The van der Waals surface area contributed by atoms with Gasteiger partial charge in [-0.05, 0) is 24.7 Å². The second kappa shape index (κ2) is 7.39. The normalized spacial score (nSPS) is 11.6. The van der Waals surface area contributed by atoms with E-state index >= 15 is 0 Å². The number of terminal acetylenes is 1. The zero-order chi connectivity index (χ0) is 15.2. The molecule has 0 atom stereocenters. The fraction of sp³-hybridized carbons (Fsp3) is 0.429. The van der Waals surface area contributed by atoms with Crippen LogP contribution in [0.2, 0.25) is 0 Å². The van der Waals surface area contributed by atoms with E-state index in [0.29, 0.717) is 12.1 Å². The van der Waals surface area contributed by atoms with E-state index in [0.717, 1.165) is 0 Å². The third-order valence-electron chi connectivity index (χ3n) is 2.84. The van der Waals surface area contributed by atoms with Gasteiger partial charge in [0, 0.05) is 18.7 Å². The summed E-state index contributed by atoms with van der Waals surface area (Å²) >= 11 is 0. The fourth-order valence-corrected chi connectivity index (χ4v) is 3.14. The van der Waals surface area contributed by atoms with Crippen LogP contribution in [0.1, 0.15) is 19.4 Å².